The maximum Gasteiger partial charge on any atom is 0.416 e. The lowest BCUT2D eigenvalue weighted by Gasteiger charge is -2.21. The third-order valence-electron chi connectivity index (χ3n) is 4.15. The van der Waals surface area contributed by atoms with E-state index in [1.807, 2.05) is 17.5 Å². The van der Waals surface area contributed by atoms with Crippen LogP contribution >= 0.6 is 11.3 Å². The summed E-state index contributed by atoms with van der Waals surface area (Å²) in [5, 5.41) is 1.92. The molecule has 0 unspecified atom stereocenters. The van der Waals surface area contributed by atoms with Crippen molar-refractivity contribution in [2.24, 2.45) is 0 Å². The molecule has 0 bridgehead atoms. The number of hydrogen-bond donors (Lipinski definition) is 0. The molecule has 0 radical (unpaired) electrons. The van der Waals surface area contributed by atoms with Crippen LogP contribution in [0.25, 0.3) is 0 Å². The van der Waals surface area contributed by atoms with Gasteiger partial charge in [-0.2, -0.15) is 17.5 Å². The zero-order valence-electron chi connectivity index (χ0n) is 14.7. The van der Waals surface area contributed by atoms with Gasteiger partial charge in [0.1, 0.15) is 0 Å². The average Bonchev–Trinajstić information content (AvgIpc) is 3.31. The molecule has 2 heterocycles. The second-order valence-electron chi connectivity index (χ2n) is 6.25. The van der Waals surface area contributed by atoms with Gasteiger partial charge in [-0.05, 0) is 41.6 Å². The van der Waals surface area contributed by atoms with Gasteiger partial charge in [0, 0.05) is 23.5 Å². The Labute approximate surface area is 165 Å². The molecule has 0 fully saturated rings. The quantitative estimate of drug-likeness (QED) is 0.510. The van der Waals surface area contributed by atoms with Crippen LogP contribution in [0.3, 0.4) is 0 Å². The Morgan fingerprint density at radius 2 is 1.79 bits per heavy atom. The van der Waals surface area contributed by atoms with Gasteiger partial charge in [-0.1, -0.05) is 18.2 Å². The fourth-order valence-electron chi connectivity index (χ4n) is 2.68. The van der Waals surface area contributed by atoms with Crippen molar-refractivity contribution < 1.29 is 26.0 Å². The summed E-state index contributed by atoms with van der Waals surface area (Å²) in [4.78, 5) is 1.06. The Kier molecular flexibility index (Phi) is 6.26. The van der Waals surface area contributed by atoms with E-state index in [9.17, 15) is 21.6 Å². The van der Waals surface area contributed by atoms with Crippen molar-refractivity contribution >= 4 is 21.4 Å². The zero-order chi connectivity index (χ0) is 20.2. The molecule has 1 aromatic carbocycles. The predicted octanol–water partition coefficient (Wildman–Crippen LogP) is 4.93. The molecule has 4 nitrogen and oxygen atoms in total. The second-order valence-corrected chi connectivity index (χ2v) is 9.25. The number of rotatable bonds is 8. The molecule has 0 N–H and O–H groups in total. The highest BCUT2D eigenvalue weighted by molar-refractivity contribution is 7.88. The minimum absolute atomic E-state index is 0.144. The Hall–Kier alpha value is -2.10. The second kappa shape index (κ2) is 8.50. The molecule has 0 atom stereocenters. The van der Waals surface area contributed by atoms with Crippen molar-refractivity contribution in [2.45, 2.75) is 24.9 Å². The monoisotopic (exact) mass is 429 g/mol. The van der Waals surface area contributed by atoms with E-state index in [1.54, 1.807) is 17.4 Å². The lowest BCUT2D eigenvalue weighted by atomic mass is 10.1. The van der Waals surface area contributed by atoms with Gasteiger partial charge in [-0.25, -0.2) is 8.42 Å². The van der Waals surface area contributed by atoms with Crippen molar-refractivity contribution in [2.75, 3.05) is 6.54 Å². The summed E-state index contributed by atoms with van der Waals surface area (Å²) in [7, 11) is -3.74. The molecular weight excluding hydrogens is 411 g/mol. The fourth-order valence-corrected chi connectivity index (χ4v) is 4.89. The molecule has 0 amide bonds. The van der Waals surface area contributed by atoms with Gasteiger partial charge in [0.05, 0.1) is 23.8 Å². The minimum Gasteiger partial charge on any atom is -0.472 e. The van der Waals surface area contributed by atoms with E-state index < -0.39 is 21.8 Å². The highest BCUT2D eigenvalue weighted by Gasteiger charge is 2.30. The number of furan rings is 1. The van der Waals surface area contributed by atoms with E-state index in [4.69, 9.17) is 4.42 Å². The standard InChI is InChI=1S/C19H18F3NO3S2/c20-19(21,22)17-5-3-15(4-6-17)14-28(24,25)23(12-16-8-10-26-13-16)9-7-18-2-1-11-27-18/h1-6,8,10-11,13H,7,9,12,14H2. The number of halogens is 3. The van der Waals surface area contributed by atoms with Crippen molar-refractivity contribution in [3.63, 3.8) is 0 Å². The molecule has 0 spiro atoms. The van der Waals surface area contributed by atoms with Crippen LogP contribution in [-0.4, -0.2) is 19.3 Å². The first-order valence-corrected chi connectivity index (χ1v) is 10.9. The van der Waals surface area contributed by atoms with Crippen LogP contribution in [0.1, 0.15) is 21.6 Å². The van der Waals surface area contributed by atoms with Gasteiger partial charge in [-0.3, -0.25) is 0 Å². The molecule has 0 aliphatic heterocycles. The van der Waals surface area contributed by atoms with Crippen molar-refractivity contribution in [1.29, 1.82) is 0 Å². The van der Waals surface area contributed by atoms with Gasteiger partial charge in [0.25, 0.3) is 0 Å². The van der Waals surface area contributed by atoms with Crippen LogP contribution in [-0.2, 0) is 34.9 Å². The lowest BCUT2D eigenvalue weighted by Crippen LogP contribution is -2.33. The van der Waals surface area contributed by atoms with Crippen LogP contribution in [0.5, 0.6) is 0 Å². The number of hydrogen-bond acceptors (Lipinski definition) is 4. The number of nitrogens with zero attached hydrogens (tertiary/aromatic N) is 1. The number of thiophene rings is 1. The first kappa shape index (κ1) is 20.6. The minimum atomic E-state index is -4.45. The van der Waals surface area contributed by atoms with E-state index in [1.165, 1.54) is 29.0 Å². The summed E-state index contributed by atoms with van der Waals surface area (Å²) in [5.74, 6) is -0.368. The van der Waals surface area contributed by atoms with E-state index >= 15 is 0 Å². The molecule has 0 aliphatic carbocycles. The molecule has 2 aromatic heterocycles. The van der Waals surface area contributed by atoms with Gasteiger partial charge in [0.2, 0.25) is 10.0 Å². The number of sulfonamides is 1. The molecule has 0 saturated carbocycles. The highest BCUT2D eigenvalue weighted by atomic mass is 32.2. The Balaban J connectivity index is 1.76. The molecule has 0 aliphatic rings. The first-order valence-electron chi connectivity index (χ1n) is 8.41. The largest absolute Gasteiger partial charge is 0.472 e. The van der Waals surface area contributed by atoms with Crippen molar-refractivity contribution in [1.82, 2.24) is 4.31 Å². The smallest absolute Gasteiger partial charge is 0.416 e. The Morgan fingerprint density at radius 1 is 1.04 bits per heavy atom. The van der Waals surface area contributed by atoms with E-state index in [2.05, 4.69) is 0 Å². The van der Waals surface area contributed by atoms with Gasteiger partial charge in [0.15, 0.2) is 0 Å². The van der Waals surface area contributed by atoms with Gasteiger partial charge in [-0.15, -0.1) is 11.3 Å². The van der Waals surface area contributed by atoms with Crippen molar-refractivity contribution in [3.05, 3.63) is 81.9 Å². The van der Waals surface area contributed by atoms with Crippen LogP contribution in [0.2, 0.25) is 0 Å². The van der Waals surface area contributed by atoms with Crippen LogP contribution < -0.4 is 0 Å². The van der Waals surface area contributed by atoms with E-state index in [0.717, 1.165) is 17.0 Å². The fraction of sp³-hybridized carbons (Fsp3) is 0.263. The molecule has 28 heavy (non-hydrogen) atoms. The van der Waals surface area contributed by atoms with E-state index in [0.29, 0.717) is 17.5 Å². The zero-order valence-corrected chi connectivity index (χ0v) is 16.4. The van der Waals surface area contributed by atoms with Crippen LogP contribution in [0.15, 0.2) is 64.8 Å². The molecule has 3 rings (SSSR count). The maximum atomic E-state index is 12.9. The first-order chi connectivity index (χ1) is 13.2. The predicted molar refractivity (Wildman–Crippen MR) is 101 cm³/mol. The third kappa shape index (κ3) is 5.46. The molecule has 9 heteroatoms. The number of benzene rings is 1. The summed E-state index contributed by atoms with van der Waals surface area (Å²) in [6.45, 7) is 0.416. The summed E-state index contributed by atoms with van der Waals surface area (Å²) < 4.78 is 70.3. The average molecular weight is 429 g/mol. The van der Waals surface area contributed by atoms with Gasteiger partial charge >= 0.3 is 6.18 Å². The highest BCUT2D eigenvalue weighted by Crippen LogP contribution is 2.29. The Morgan fingerprint density at radius 3 is 2.36 bits per heavy atom. The maximum absolute atomic E-state index is 12.9. The summed E-state index contributed by atoms with van der Waals surface area (Å²) in [6.07, 6.45) is -0.950. The molecule has 3 aromatic rings. The molecule has 0 saturated heterocycles. The summed E-state index contributed by atoms with van der Waals surface area (Å²) >= 11 is 1.54. The van der Waals surface area contributed by atoms with Crippen molar-refractivity contribution in [3.8, 4) is 0 Å². The summed E-state index contributed by atoms with van der Waals surface area (Å²) in [6, 6.07) is 9.73. The summed E-state index contributed by atoms with van der Waals surface area (Å²) in [5.41, 5.74) is 0.213. The van der Waals surface area contributed by atoms with Crippen LogP contribution in [0, 0.1) is 0 Å². The topological polar surface area (TPSA) is 50.5 Å². The lowest BCUT2D eigenvalue weighted by molar-refractivity contribution is -0.137. The normalized spacial score (nSPS) is 12.6. The number of alkyl halides is 3. The van der Waals surface area contributed by atoms with E-state index in [-0.39, 0.29) is 18.8 Å². The van der Waals surface area contributed by atoms with Gasteiger partial charge < -0.3 is 4.42 Å². The Bertz CT molecular complexity index is 965. The molecular formula is C19H18F3NO3S2. The third-order valence-corrected chi connectivity index (χ3v) is 6.88. The molecule has 150 valence electrons. The van der Waals surface area contributed by atoms with Crippen LogP contribution in [0.4, 0.5) is 13.2 Å². The SMILES string of the molecule is O=S(=O)(Cc1ccc(C(F)(F)F)cc1)N(CCc1cccs1)Cc1ccoc1.